The third-order valence-corrected chi connectivity index (χ3v) is 5.60. The van der Waals surface area contributed by atoms with Crippen molar-refractivity contribution in [1.29, 1.82) is 0 Å². The Bertz CT molecular complexity index is 472. The molecular formula is C16H27N3OS. The van der Waals surface area contributed by atoms with Gasteiger partial charge in [0.15, 0.2) is 0 Å². The van der Waals surface area contributed by atoms with Crippen LogP contribution in [0.15, 0.2) is 12.4 Å². The second kappa shape index (κ2) is 7.34. The van der Waals surface area contributed by atoms with Crippen LogP contribution < -0.4 is 0 Å². The number of thioether (sulfide) groups is 1. The van der Waals surface area contributed by atoms with Crippen LogP contribution in [0.25, 0.3) is 0 Å². The number of hydrogen-bond donors (Lipinski definition) is 0. The number of carbonyl (C=O) groups is 1. The maximum absolute atomic E-state index is 12.5. The molecule has 5 heteroatoms. The Balaban J connectivity index is 1.90. The highest BCUT2D eigenvalue weighted by atomic mass is 32.2. The zero-order chi connectivity index (χ0) is 15.4. The number of hydrogen-bond acceptors (Lipinski definition) is 3. The van der Waals surface area contributed by atoms with Crippen molar-refractivity contribution >= 4 is 17.7 Å². The van der Waals surface area contributed by atoms with Gasteiger partial charge in [-0.1, -0.05) is 20.3 Å². The van der Waals surface area contributed by atoms with Crippen LogP contribution >= 0.6 is 11.8 Å². The fourth-order valence-corrected chi connectivity index (χ4v) is 4.25. The van der Waals surface area contributed by atoms with Crippen LogP contribution in [-0.4, -0.2) is 45.0 Å². The van der Waals surface area contributed by atoms with Crippen LogP contribution in [0.2, 0.25) is 0 Å². The van der Waals surface area contributed by atoms with Crippen molar-refractivity contribution in [2.45, 2.75) is 63.3 Å². The van der Waals surface area contributed by atoms with Gasteiger partial charge in [0.2, 0.25) is 5.91 Å². The molecule has 2 atom stereocenters. The summed E-state index contributed by atoms with van der Waals surface area (Å²) in [4.78, 5) is 18.8. The average molecular weight is 309 g/mol. The Labute approximate surface area is 132 Å². The lowest BCUT2D eigenvalue weighted by Crippen LogP contribution is -2.40. The highest BCUT2D eigenvalue weighted by Crippen LogP contribution is 2.31. The van der Waals surface area contributed by atoms with E-state index in [4.69, 9.17) is 0 Å². The summed E-state index contributed by atoms with van der Waals surface area (Å²) in [5.41, 5.74) is 0. The van der Waals surface area contributed by atoms with Crippen molar-refractivity contribution < 1.29 is 4.79 Å². The summed E-state index contributed by atoms with van der Waals surface area (Å²) in [5, 5.41) is 0.610. The van der Waals surface area contributed by atoms with Crippen LogP contribution in [0.1, 0.15) is 51.3 Å². The van der Waals surface area contributed by atoms with Crippen LogP contribution in [0.3, 0.4) is 0 Å². The number of nitrogens with zero attached hydrogens (tertiary/aromatic N) is 3. The molecule has 0 radical (unpaired) electrons. The lowest BCUT2D eigenvalue weighted by Gasteiger charge is -2.29. The standard InChI is InChI=1S/C16H27N3OS/c1-12(2)16-17-9-11-19(16)10-8-15(20)18(3)13-6-5-7-14(13)21-4/h9,11-14H,5-8,10H2,1-4H3/t13-,14-/m1/s1. The Hall–Kier alpha value is -0.970. The van der Waals surface area contributed by atoms with Gasteiger partial charge in [0.25, 0.3) is 0 Å². The Morgan fingerprint density at radius 2 is 2.29 bits per heavy atom. The van der Waals surface area contributed by atoms with E-state index in [1.807, 2.05) is 36.1 Å². The maximum atomic E-state index is 12.5. The van der Waals surface area contributed by atoms with Gasteiger partial charge < -0.3 is 9.47 Å². The third-order valence-electron chi connectivity index (χ3n) is 4.44. The lowest BCUT2D eigenvalue weighted by molar-refractivity contribution is -0.132. The molecule has 1 aliphatic rings. The molecule has 0 spiro atoms. The summed E-state index contributed by atoms with van der Waals surface area (Å²) in [5.74, 6) is 1.71. The first-order valence-electron chi connectivity index (χ1n) is 7.84. The molecule has 1 aliphatic carbocycles. The highest BCUT2D eigenvalue weighted by molar-refractivity contribution is 7.99. The minimum Gasteiger partial charge on any atom is -0.342 e. The van der Waals surface area contributed by atoms with E-state index in [2.05, 4.69) is 29.7 Å². The van der Waals surface area contributed by atoms with Gasteiger partial charge in [0, 0.05) is 49.6 Å². The molecule has 118 valence electrons. The second-order valence-corrected chi connectivity index (χ2v) is 7.24. The fraction of sp³-hybridized carbons (Fsp3) is 0.750. The predicted molar refractivity (Wildman–Crippen MR) is 88.6 cm³/mol. The molecule has 0 unspecified atom stereocenters. The van der Waals surface area contributed by atoms with E-state index in [0.717, 1.165) is 18.8 Å². The van der Waals surface area contributed by atoms with Gasteiger partial charge in [0.1, 0.15) is 5.82 Å². The van der Waals surface area contributed by atoms with E-state index >= 15 is 0 Å². The van der Waals surface area contributed by atoms with Crippen LogP contribution in [0, 0.1) is 0 Å². The minimum absolute atomic E-state index is 0.254. The van der Waals surface area contributed by atoms with E-state index in [0.29, 0.717) is 23.6 Å². The first-order valence-corrected chi connectivity index (χ1v) is 9.12. The van der Waals surface area contributed by atoms with Crippen molar-refractivity contribution in [3.8, 4) is 0 Å². The zero-order valence-electron chi connectivity index (χ0n) is 13.6. The molecule has 1 fully saturated rings. The first-order chi connectivity index (χ1) is 10.0. The van der Waals surface area contributed by atoms with E-state index in [-0.39, 0.29) is 5.91 Å². The van der Waals surface area contributed by atoms with Crippen molar-refractivity contribution in [1.82, 2.24) is 14.5 Å². The summed E-state index contributed by atoms with van der Waals surface area (Å²) in [6, 6.07) is 0.417. The average Bonchev–Trinajstić information content (AvgIpc) is 3.11. The number of aryl methyl sites for hydroxylation is 1. The smallest absolute Gasteiger partial charge is 0.224 e. The number of aromatic nitrogens is 2. The SMILES string of the molecule is CS[C@@H]1CCC[C@H]1N(C)C(=O)CCn1ccnc1C(C)C. The first kappa shape index (κ1) is 16.4. The molecule has 4 nitrogen and oxygen atoms in total. The predicted octanol–water partition coefficient (Wildman–Crippen LogP) is 3.14. The second-order valence-electron chi connectivity index (χ2n) is 6.16. The molecule has 1 heterocycles. The number of amides is 1. The molecular weight excluding hydrogens is 282 g/mol. The molecule has 1 aromatic heterocycles. The monoisotopic (exact) mass is 309 g/mol. The van der Waals surface area contributed by atoms with Crippen LogP contribution in [-0.2, 0) is 11.3 Å². The number of rotatable bonds is 6. The van der Waals surface area contributed by atoms with E-state index in [9.17, 15) is 4.79 Å². The Kier molecular flexibility index (Phi) is 5.73. The molecule has 1 saturated carbocycles. The topological polar surface area (TPSA) is 38.1 Å². The van der Waals surface area contributed by atoms with Crippen LogP contribution in [0.5, 0.6) is 0 Å². The van der Waals surface area contributed by atoms with Crippen LogP contribution in [0.4, 0.5) is 0 Å². The van der Waals surface area contributed by atoms with Gasteiger partial charge >= 0.3 is 0 Å². The van der Waals surface area contributed by atoms with E-state index in [1.54, 1.807) is 0 Å². The molecule has 1 aromatic rings. The van der Waals surface area contributed by atoms with Crippen molar-refractivity contribution in [3.63, 3.8) is 0 Å². The zero-order valence-corrected chi connectivity index (χ0v) is 14.4. The van der Waals surface area contributed by atoms with Crippen molar-refractivity contribution in [2.24, 2.45) is 0 Å². The largest absolute Gasteiger partial charge is 0.342 e. The van der Waals surface area contributed by atoms with Gasteiger partial charge in [-0.15, -0.1) is 0 Å². The highest BCUT2D eigenvalue weighted by Gasteiger charge is 2.31. The Morgan fingerprint density at radius 3 is 2.95 bits per heavy atom. The number of carbonyl (C=O) groups excluding carboxylic acids is 1. The summed E-state index contributed by atoms with van der Waals surface area (Å²) < 4.78 is 2.11. The number of imidazole rings is 1. The quantitative estimate of drug-likeness (QED) is 0.810. The molecule has 0 saturated heterocycles. The minimum atomic E-state index is 0.254. The van der Waals surface area contributed by atoms with Crippen molar-refractivity contribution in [2.75, 3.05) is 13.3 Å². The van der Waals surface area contributed by atoms with Gasteiger partial charge in [0.05, 0.1) is 0 Å². The van der Waals surface area contributed by atoms with Gasteiger partial charge in [-0.25, -0.2) is 4.98 Å². The molecule has 0 aromatic carbocycles. The molecule has 0 bridgehead atoms. The summed E-state index contributed by atoms with van der Waals surface area (Å²) >= 11 is 1.90. The molecule has 0 aliphatic heterocycles. The molecule has 1 amide bonds. The summed E-state index contributed by atoms with van der Waals surface area (Å²) in [6.07, 6.45) is 10.1. The van der Waals surface area contributed by atoms with Crippen molar-refractivity contribution in [3.05, 3.63) is 18.2 Å². The summed E-state index contributed by atoms with van der Waals surface area (Å²) in [6.45, 7) is 5.00. The lowest BCUT2D eigenvalue weighted by atomic mass is 10.2. The van der Waals surface area contributed by atoms with Gasteiger partial charge in [-0.2, -0.15) is 11.8 Å². The Morgan fingerprint density at radius 1 is 1.52 bits per heavy atom. The van der Waals surface area contributed by atoms with E-state index in [1.165, 1.54) is 12.8 Å². The molecule has 21 heavy (non-hydrogen) atoms. The van der Waals surface area contributed by atoms with Gasteiger partial charge in [-0.3, -0.25) is 4.79 Å². The molecule has 0 N–H and O–H groups in total. The molecule has 2 rings (SSSR count). The normalized spacial score (nSPS) is 22.0. The fourth-order valence-electron chi connectivity index (χ4n) is 3.21. The third kappa shape index (κ3) is 3.82. The van der Waals surface area contributed by atoms with Gasteiger partial charge in [-0.05, 0) is 19.1 Å². The van der Waals surface area contributed by atoms with E-state index < -0.39 is 0 Å². The summed E-state index contributed by atoms with van der Waals surface area (Å²) in [7, 11) is 1.97. The maximum Gasteiger partial charge on any atom is 0.224 e.